The molecule has 6 amide bonds. The standard InChI is InChI=1S/C67H90F2IN11O14S/c1-46(65(93)79-24-20-48(21-25-79)7-3-5-34-95-52-15-16-55-54(35-52)53(19-23-72-55)56(82)17-18-60(85)81-45-67(68,69)37-51(81)38-71)39-80-61(86)36-57(66(80)94)96-44-50(9-2-4-22-73-58(83)10-6-8-47-11-13-49(70)14-12-47)74-59(84)40-75-26-28-76(41-62(87)88)30-32-78(43-64(91)92)33-31-77(29-27-75)42-63(89)90/h11-16,19,23,35,46,48,50-51,57H,2-10,17-18,20-22,24-34,36-37,39-45H2,1H3,(H,73,83)(H,74,84)(H,87,88)(H,89,90)(H,91,92)/t46?,50?,51-,57?/m1/s1. The molecule has 4 atom stereocenters. The number of rotatable bonds is 34. The predicted molar refractivity (Wildman–Crippen MR) is 361 cm³/mol. The largest absolute Gasteiger partial charge is 0.494 e. The molecule has 4 saturated heterocycles. The van der Waals surface area contributed by atoms with Gasteiger partial charge in [-0.15, -0.1) is 11.8 Å². The molecule has 4 aliphatic rings. The highest BCUT2D eigenvalue weighted by Crippen LogP contribution is 2.33. The highest BCUT2D eigenvalue weighted by Gasteiger charge is 2.47. The molecule has 96 heavy (non-hydrogen) atoms. The molecule has 5 N–H and O–H groups in total. The van der Waals surface area contributed by atoms with Crippen LogP contribution in [-0.4, -0.2) is 261 Å². The molecule has 0 spiro atoms. The summed E-state index contributed by atoms with van der Waals surface area (Å²) in [6, 6.07) is 15.0. The number of aromatic nitrogens is 1. The van der Waals surface area contributed by atoms with Gasteiger partial charge in [0.05, 0.1) is 62.1 Å². The van der Waals surface area contributed by atoms with Gasteiger partial charge in [0, 0.05) is 143 Å². The first kappa shape index (κ1) is 76.4. The number of unbranched alkanes of at least 4 members (excludes halogenated alkanes) is 2. The van der Waals surface area contributed by atoms with Crippen molar-refractivity contribution in [1.29, 1.82) is 5.26 Å². The number of Topliss-reactive ketones (excluding diaryl/α,β-unsaturated/α-hetero) is 1. The van der Waals surface area contributed by atoms with Gasteiger partial charge in [0.1, 0.15) is 11.8 Å². The number of thioether (sulfide) groups is 1. The fraction of sp³-hybridized carbons (Fsp3) is 0.612. The maximum absolute atomic E-state index is 14.1. The van der Waals surface area contributed by atoms with Crippen LogP contribution in [0.4, 0.5) is 8.78 Å². The van der Waals surface area contributed by atoms with Crippen molar-refractivity contribution < 1.29 is 76.8 Å². The Hall–Kier alpha value is -6.98. The zero-order valence-corrected chi connectivity index (χ0v) is 57.5. The molecule has 0 radical (unpaired) electrons. The van der Waals surface area contributed by atoms with Crippen molar-refractivity contribution in [2.75, 3.05) is 124 Å². The maximum Gasteiger partial charge on any atom is 0.317 e. The third-order valence-electron chi connectivity index (χ3n) is 17.9. The second kappa shape index (κ2) is 38.2. The van der Waals surface area contributed by atoms with Crippen LogP contribution in [0.25, 0.3) is 10.9 Å². The van der Waals surface area contributed by atoms with Crippen molar-refractivity contribution in [3.05, 3.63) is 69.4 Å². The Balaban J connectivity index is 0.865. The summed E-state index contributed by atoms with van der Waals surface area (Å²) >= 11 is 3.51. The summed E-state index contributed by atoms with van der Waals surface area (Å²) in [6.07, 6.45) is 7.74. The van der Waals surface area contributed by atoms with Gasteiger partial charge < -0.3 is 40.5 Å². The summed E-state index contributed by atoms with van der Waals surface area (Å²) in [5, 5.41) is 44.2. The molecular weight excluding hydrogens is 1380 g/mol. The number of carboxylic acid groups (broad SMARTS) is 3. The third kappa shape index (κ3) is 25.1. The van der Waals surface area contributed by atoms with Gasteiger partial charge >= 0.3 is 17.9 Å². The van der Waals surface area contributed by atoms with Gasteiger partial charge in [-0.3, -0.25) is 77.4 Å². The molecule has 3 aromatic rings. The van der Waals surface area contributed by atoms with E-state index in [1.165, 1.54) is 22.9 Å². The Bertz CT molecular complexity index is 3200. The van der Waals surface area contributed by atoms with Crippen molar-refractivity contribution in [2.24, 2.45) is 11.8 Å². The molecule has 4 fully saturated rings. The number of hydrogen-bond acceptors (Lipinski definition) is 18. The van der Waals surface area contributed by atoms with E-state index in [1.54, 1.807) is 56.9 Å². The lowest BCUT2D eigenvalue weighted by Crippen LogP contribution is -2.50. The number of piperidine rings is 1. The number of ether oxygens (including phenoxy) is 1. The molecule has 1 aromatic heterocycles. The fourth-order valence-corrected chi connectivity index (χ4v) is 14.2. The van der Waals surface area contributed by atoms with E-state index < -0.39 is 71.9 Å². The van der Waals surface area contributed by atoms with Crippen LogP contribution < -0.4 is 15.4 Å². The molecule has 7 rings (SSSR count). The second-order valence-electron chi connectivity index (χ2n) is 25.4. The van der Waals surface area contributed by atoms with Crippen LogP contribution in [0.5, 0.6) is 5.75 Å². The van der Waals surface area contributed by atoms with Crippen LogP contribution in [0.1, 0.15) is 113 Å². The Morgan fingerprint density at radius 2 is 1.40 bits per heavy atom. The van der Waals surface area contributed by atoms with Gasteiger partial charge in [0.25, 0.3) is 5.92 Å². The second-order valence-corrected chi connectivity index (χ2v) is 27.9. The van der Waals surface area contributed by atoms with Gasteiger partial charge in [-0.1, -0.05) is 25.5 Å². The van der Waals surface area contributed by atoms with Crippen LogP contribution in [-0.2, 0) is 49.6 Å². The van der Waals surface area contributed by atoms with E-state index in [0.29, 0.717) is 86.5 Å². The lowest BCUT2D eigenvalue weighted by Gasteiger charge is -2.34. The smallest absolute Gasteiger partial charge is 0.317 e. The number of benzene rings is 2. The molecule has 4 aliphatic heterocycles. The van der Waals surface area contributed by atoms with E-state index in [1.807, 2.05) is 17.0 Å². The monoisotopic (exact) mass is 1470 g/mol. The Kier molecular flexibility index (Phi) is 30.4. The minimum atomic E-state index is -3.16. The van der Waals surface area contributed by atoms with Crippen LogP contribution in [0.3, 0.4) is 0 Å². The first-order valence-corrected chi connectivity index (χ1v) is 35.3. The number of aliphatic carboxylic acids is 3. The molecule has 5 heterocycles. The van der Waals surface area contributed by atoms with Gasteiger partial charge in [-0.2, -0.15) is 5.26 Å². The van der Waals surface area contributed by atoms with Gasteiger partial charge in [-0.05, 0) is 128 Å². The van der Waals surface area contributed by atoms with Gasteiger partial charge in [0.15, 0.2) is 5.78 Å². The van der Waals surface area contributed by atoms with E-state index >= 15 is 0 Å². The number of nitriles is 1. The van der Waals surface area contributed by atoms with Crippen LogP contribution >= 0.6 is 34.4 Å². The highest BCUT2D eigenvalue weighted by atomic mass is 127. The first-order chi connectivity index (χ1) is 45.9. The van der Waals surface area contributed by atoms with Gasteiger partial charge in [0.2, 0.25) is 35.4 Å². The Morgan fingerprint density at radius 3 is 2.01 bits per heavy atom. The Labute approximate surface area is 576 Å². The molecule has 25 nitrogen and oxygen atoms in total. The van der Waals surface area contributed by atoms with Crippen molar-refractivity contribution >= 4 is 104 Å². The quantitative estimate of drug-likeness (QED) is 0.0224. The summed E-state index contributed by atoms with van der Waals surface area (Å²) in [6.45, 7) is 3.42. The van der Waals surface area contributed by atoms with E-state index in [-0.39, 0.29) is 140 Å². The number of hydrogen-bond donors (Lipinski definition) is 5. The number of likely N-dealkylation sites (tertiary alicyclic amines) is 3. The zero-order valence-electron chi connectivity index (χ0n) is 54.5. The molecule has 0 bridgehead atoms. The number of imide groups is 1. The van der Waals surface area contributed by atoms with Crippen LogP contribution in [0.15, 0.2) is 54.7 Å². The van der Waals surface area contributed by atoms with Crippen molar-refractivity contribution in [2.45, 2.75) is 126 Å². The summed E-state index contributed by atoms with van der Waals surface area (Å²) in [5.41, 5.74) is 2.01. The normalized spacial score (nSPS) is 19.5. The average Bonchev–Trinajstić information content (AvgIpc) is 1.34. The molecular formula is C67H90F2IN11O14S. The van der Waals surface area contributed by atoms with Gasteiger partial charge in [-0.25, -0.2) is 8.78 Å². The molecule has 29 heteroatoms. The molecule has 0 saturated carbocycles. The highest BCUT2D eigenvalue weighted by molar-refractivity contribution is 14.1. The van der Waals surface area contributed by atoms with Crippen molar-refractivity contribution in [3.63, 3.8) is 0 Å². The minimum Gasteiger partial charge on any atom is -0.494 e. The number of ketones is 1. The summed E-state index contributed by atoms with van der Waals surface area (Å²) in [4.78, 5) is 145. The van der Waals surface area contributed by atoms with E-state index in [2.05, 4.69) is 50.3 Å². The number of amides is 6. The number of nitrogens with one attached hydrogen (secondary N) is 2. The number of carbonyl (C=O) groups excluding carboxylic acids is 7. The minimum absolute atomic E-state index is 0.0617. The SMILES string of the molecule is CC(CN1C(=O)CC(SCC(CCCCNC(=O)CCCc2ccc(I)cc2)NC(=O)CN2CCN(CC(=O)O)CCN(CC(=O)O)CCN(CC(=O)O)CC2)C1=O)C(=O)N1CCC(CCCCOc2ccc3nccc(C(=O)CCC(=O)N4CC(F)(F)C[C@@H]4C#N)c3c2)CC1. The zero-order chi connectivity index (χ0) is 69.3. The van der Waals surface area contributed by atoms with E-state index in [0.717, 1.165) is 52.6 Å². The topological polar surface area (TPSA) is 324 Å². The maximum atomic E-state index is 14.1. The summed E-state index contributed by atoms with van der Waals surface area (Å²) in [7, 11) is 0. The van der Waals surface area contributed by atoms with Crippen molar-refractivity contribution in [1.82, 2.24) is 49.9 Å². The third-order valence-corrected chi connectivity index (χ3v) is 20.0. The first-order valence-electron chi connectivity index (χ1n) is 33.1. The van der Waals surface area contributed by atoms with E-state index in [4.69, 9.17) is 4.74 Å². The molecule has 0 aliphatic carbocycles. The number of nitrogens with zero attached hydrogens (tertiary/aromatic N) is 9. The number of pyridine rings is 1. The van der Waals surface area contributed by atoms with Crippen LogP contribution in [0, 0.1) is 26.7 Å². The summed E-state index contributed by atoms with van der Waals surface area (Å²) in [5.74, 6) is -8.26. The number of fused-ring (bicyclic) bond motifs is 1. The number of alkyl halides is 2. The lowest BCUT2D eigenvalue weighted by molar-refractivity contribution is -0.143. The lowest BCUT2D eigenvalue weighted by atomic mass is 9.91. The molecule has 524 valence electrons. The molecule has 3 unspecified atom stereocenters. The molecule has 2 aromatic carbocycles. The Morgan fingerprint density at radius 1 is 0.771 bits per heavy atom. The average molecular weight is 1470 g/mol. The van der Waals surface area contributed by atoms with Crippen LogP contribution in [0.2, 0.25) is 0 Å². The van der Waals surface area contributed by atoms with E-state index in [9.17, 15) is 77.3 Å². The van der Waals surface area contributed by atoms with Crippen molar-refractivity contribution in [3.8, 4) is 11.8 Å². The predicted octanol–water partition coefficient (Wildman–Crippen LogP) is 5.12. The number of carbonyl (C=O) groups is 10. The number of halogens is 3. The summed E-state index contributed by atoms with van der Waals surface area (Å²) < 4.78 is 35.1. The number of carboxylic acids is 3. The fourth-order valence-electron chi connectivity index (χ4n) is 12.6. The number of aryl methyl sites for hydroxylation is 1.